The zero-order valence-electron chi connectivity index (χ0n) is 13.0. The second kappa shape index (κ2) is 6.01. The molecule has 8 heteroatoms. The first-order valence-corrected chi connectivity index (χ1v) is 7.62. The SMILES string of the molecule is CC(C)Oc1cc(-c2cc(=O)n3ncc(C(N)=O)c3[nH]2)ccc1Cl. The highest BCUT2D eigenvalue weighted by molar-refractivity contribution is 6.32. The van der Waals surface area contributed by atoms with Crippen LogP contribution in [0.5, 0.6) is 5.75 Å². The summed E-state index contributed by atoms with van der Waals surface area (Å²) in [6.07, 6.45) is 1.21. The van der Waals surface area contributed by atoms with Crippen molar-refractivity contribution in [2.75, 3.05) is 0 Å². The Kier molecular flexibility index (Phi) is 4.02. The van der Waals surface area contributed by atoms with E-state index in [9.17, 15) is 9.59 Å². The van der Waals surface area contributed by atoms with Gasteiger partial charge in [-0.3, -0.25) is 9.59 Å². The fourth-order valence-corrected chi connectivity index (χ4v) is 2.50. The van der Waals surface area contributed by atoms with E-state index in [0.717, 1.165) is 4.52 Å². The number of benzene rings is 1. The number of ether oxygens (including phenoxy) is 1. The van der Waals surface area contributed by atoms with Crippen molar-refractivity contribution in [3.05, 3.63) is 51.4 Å². The Labute approximate surface area is 142 Å². The van der Waals surface area contributed by atoms with Gasteiger partial charge in [-0.2, -0.15) is 9.61 Å². The number of hydrogen-bond donors (Lipinski definition) is 2. The Morgan fingerprint density at radius 1 is 1.38 bits per heavy atom. The lowest BCUT2D eigenvalue weighted by Crippen LogP contribution is -2.16. The van der Waals surface area contributed by atoms with Crippen LogP contribution in [0.4, 0.5) is 0 Å². The van der Waals surface area contributed by atoms with Gasteiger partial charge in [0.05, 0.1) is 23.0 Å². The van der Waals surface area contributed by atoms with Gasteiger partial charge in [-0.05, 0) is 26.0 Å². The first kappa shape index (κ1) is 16.1. The number of H-pyrrole nitrogens is 1. The van der Waals surface area contributed by atoms with E-state index in [1.54, 1.807) is 18.2 Å². The molecule has 3 rings (SSSR count). The van der Waals surface area contributed by atoms with Gasteiger partial charge in [-0.25, -0.2) is 0 Å². The Balaban J connectivity index is 2.17. The maximum Gasteiger partial charge on any atom is 0.274 e. The van der Waals surface area contributed by atoms with E-state index in [1.807, 2.05) is 13.8 Å². The van der Waals surface area contributed by atoms with E-state index < -0.39 is 5.91 Å². The molecule has 0 saturated heterocycles. The molecule has 0 aliphatic heterocycles. The molecule has 3 aromatic rings. The van der Waals surface area contributed by atoms with Crippen LogP contribution in [0, 0.1) is 0 Å². The topological polar surface area (TPSA) is 102 Å². The van der Waals surface area contributed by atoms with Crippen LogP contribution in [0.3, 0.4) is 0 Å². The van der Waals surface area contributed by atoms with E-state index in [2.05, 4.69) is 10.1 Å². The molecule has 124 valence electrons. The third-order valence-electron chi connectivity index (χ3n) is 3.37. The van der Waals surface area contributed by atoms with Crippen LogP contribution in [0.1, 0.15) is 24.2 Å². The van der Waals surface area contributed by atoms with Gasteiger partial charge in [0.15, 0.2) is 5.65 Å². The van der Waals surface area contributed by atoms with Crippen molar-refractivity contribution in [2.45, 2.75) is 20.0 Å². The highest BCUT2D eigenvalue weighted by atomic mass is 35.5. The highest BCUT2D eigenvalue weighted by Gasteiger charge is 2.14. The summed E-state index contributed by atoms with van der Waals surface area (Å²) in [5, 5.41) is 4.34. The van der Waals surface area contributed by atoms with Crippen molar-refractivity contribution in [1.29, 1.82) is 0 Å². The number of fused-ring (bicyclic) bond motifs is 1. The van der Waals surface area contributed by atoms with Crippen molar-refractivity contribution < 1.29 is 9.53 Å². The predicted molar refractivity (Wildman–Crippen MR) is 90.5 cm³/mol. The number of nitrogens with one attached hydrogen (secondary N) is 1. The van der Waals surface area contributed by atoms with Crippen molar-refractivity contribution >= 4 is 23.2 Å². The Morgan fingerprint density at radius 2 is 2.12 bits per heavy atom. The zero-order valence-corrected chi connectivity index (χ0v) is 13.8. The molecule has 0 atom stereocenters. The van der Waals surface area contributed by atoms with Crippen LogP contribution in [0.25, 0.3) is 16.9 Å². The predicted octanol–water partition coefficient (Wildman–Crippen LogP) is 2.23. The fourth-order valence-electron chi connectivity index (χ4n) is 2.34. The summed E-state index contributed by atoms with van der Waals surface area (Å²) in [6.45, 7) is 3.78. The normalized spacial score (nSPS) is 11.2. The summed E-state index contributed by atoms with van der Waals surface area (Å²) in [6, 6.07) is 6.54. The van der Waals surface area contributed by atoms with Crippen LogP contribution in [-0.2, 0) is 0 Å². The summed E-state index contributed by atoms with van der Waals surface area (Å²) in [5.41, 5.74) is 6.50. The first-order valence-electron chi connectivity index (χ1n) is 7.24. The van der Waals surface area contributed by atoms with E-state index >= 15 is 0 Å². The van der Waals surface area contributed by atoms with E-state index in [4.69, 9.17) is 22.1 Å². The van der Waals surface area contributed by atoms with Gasteiger partial charge >= 0.3 is 0 Å². The van der Waals surface area contributed by atoms with Gasteiger partial charge in [-0.15, -0.1) is 0 Å². The van der Waals surface area contributed by atoms with Crippen molar-refractivity contribution in [3.8, 4) is 17.0 Å². The molecule has 0 saturated carbocycles. The molecular weight excluding hydrogens is 332 g/mol. The Hall–Kier alpha value is -2.80. The molecule has 0 radical (unpaired) electrons. The number of halogens is 1. The lowest BCUT2D eigenvalue weighted by atomic mass is 10.1. The Bertz CT molecular complexity index is 991. The molecule has 3 N–H and O–H groups in total. The number of carbonyl (C=O) groups is 1. The van der Waals surface area contributed by atoms with Gasteiger partial charge in [0.1, 0.15) is 11.3 Å². The van der Waals surface area contributed by atoms with Gasteiger partial charge in [0.25, 0.3) is 11.5 Å². The van der Waals surface area contributed by atoms with Crippen molar-refractivity contribution in [1.82, 2.24) is 14.6 Å². The third kappa shape index (κ3) is 2.85. The molecular formula is C16H15ClN4O3. The molecule has 2 aromatic heterocycles. The van der Waals surface area contributed by atoms with E-state index in [0.29, 0.717) is 22.0 Å². The molecule has 0 unspecified atom stereocenters. The number of carbonyl (C=O) groups excluding carboxylic acids is 1. The van der Waals surface area contributed by atoms with Crippen molar-refractivity contribution in [3.63, 3.8) is 0 Å². The van der Waals surface area contributed by atoms with E-state index in [1.165, 1.54) is 12.3 Å². The average molecular weight is 347 g/mol. The molecule has 7 nitrogen and oxygen atoms in total. The molecule has 2 heterocycles. The molecule has 0 aliphatic rings. The molecule has 0 fully saturated rings. The number of nitrogens with two attached hydrogens (primary N) is 1. The molecule has 0 aliphatic carbocycles. The van der Waals surface area contributed by atoms with Crippen LogP contribution < -0.4 is 16.0 Å². The smallest absolute Gasteiger partial charge is 0.274 e. The fraction of sp³-hybridized carbons (Fsp3) is 0.188. The zero-order chi connectivity index (χ0) is 17.4. The number of primary amides is 1. The number of aromatic amines is 1. The lowest BCUT2D eigenvalue weighted by Gasteiger charge is -2.13. The third-order valence-corrected chi connectivity index (χ3v) is 3.68. The summed E-state index contributed by atoms with van der Waals surface area (Å²) in [7, 11) is 0. The minimum Gasteiger partial charge on any atom is -0.489 e. The Morgan fingerprint density at radius 3 is 2.79 bits per heavy atom. The number of nitrogens with zero attached hydrogens (tertiary/aromatic N) is 2. The number of hydrogen-bond acceptors (Lipinski definition) is 4. The highest BCUT2D eigenvalue weighted by Crippen LogP contribution is 2.30. The van der Waals surface area contributed by atoms with E-state index in [-0.39, 0.29) is 22.9 Å². The average Bonchev–Trinajstić information content (AvgIpc) is 2.93. The van der Waals surface area contributed by atoms with Crippen LogP contribution in [0.15, 0.2) is 35.3 Å². The van der Waals surface area contributed by atoms with Gasteiger partial charge in [-0.1, -0.05) is 17.7 Å². The summed E-state index contributed by atoms with van der Waals surface area (Å²) >= 11 is 6.13. The van der Waals surface area contributed by atoms with Crippen LogP contribution in [0.2, 0.25) is 5.02 Å². The second-order valence-corrected chi connectivity index (χ2v) is 5.92. The maximum atomic E-state index is 12.2. The van der Waals surface area contributed by atoms with Gasteiger partial charge < -0.3 is 15.5 Å². The minimum absolute atomic E-state index is 0.0458. The first-order chi connectivity index (χ1) is 11.4. The summed E-state index contributed by atoms with van der Waals surface area (Å²) in [5.74, 6) is -0.161. The monoisotopic (exact) mass is 346 g/mol. The van der Waals surface area contributed by atoms with Crippen LogP contribution in [-0.4, -0.2) is 26.6 Å². The number of aromatic nitrogens is 3. The lowest BCUT2D eigenvalue weighted by molar-refractivity contribution is 0.100. The van der Waals surface area contributed by atoms with Gasteiger partial charge in [0, 0.05) is 11.6 Å². The molecule has 0 spiro atoms. The summed E-state index contributed by atoms with van der Waals surface area (Å²) in [4.78, 5) is 26.7. The quantitative estimate of drug-likeness (QED) is 0.756. The molecule has 0 bridgehead atoms. The minimum atomic E-state index is -0.669. The number of rotatable bonds is 4. The summed E-state index contributed by atoms with van der Waals surface area (Å²) < 4.78 is 6.74. The maximum absolute atomic E-state index is 12.2. The van der Waals surface area contributed by atoms with Crippen molar-refractivity contribution in [2.24, 2.45) is 5.73 Å². The molecule has 1 aromatic carbocycles. The van der Waals surface area contributed by atoms with Crippen LogP contribution >= 0.6 is 11.6 Å². The van der Waals surface area contributed by atoms with Gasteiger partial charge in [0.2, 0.25) is 0 Å². The largest absolute Gasteiger partial charge is 0.489 e. The number of amides is 1. The standard InChI is InChI=1S/C16H15ClN4O3/c1-8(2)24-13-5-9(3-4-11(13)17)12-6-14(22)21-16(20-12)10(7-19-21)15(18)23/h3-8,20H,1-2H3,(H2,18,23). The molecule has 24 heavy (non-hydrogen) atoms. The molecule has 1 amide bonds. The second-order valence-electron chi connectivity index (χ2n) is 5.52.